The van der Waals surface area contributed by atoms with Crippen LogP contribution in [0.1, 0.15) is 34.3 Å². The van der Waals surface area contributed by atoms with E-state index in [1.165, 1.54) is 24.0 Å². The maximum Gasteiger partial charge on any atom is 0.248 e. The number of aryl methyl sites for hydroxylation is 2. The van der Waals surface area contributed by atoms with Gasteiger partial charge < -0.3 is 5.73 Å². The maximum atomic E-state index is 11.3. The SMILES string of the molecule is NC(=O)c1cccc(-c2ccc(CCCCc3ccccc3)cc2)c1. The zero-order chi connectivity index (χ0) is 17.5. The lowest BCUT2D eigenvalue weighted by molar-refractivity contribution is 0.100. The van der Waals surface area contributed by atoms with Crippen molar-refractivity contribution < 1.29 is 4.79 Å². The van der Waals surface area contributed by atoms with Crippen LogP contribution in [0.2, 0.25) is 0 Å². The third-order valence-electron chi connectivity index (χ3n) is 4.46. The van der Waals surface area contributed by atoms with Crippen LogP contribution in [0.5, 0.6) is 0 Å². The molecule has 2 nitrogen and oxygen atoms in total. The van der Waals surface area contributed by atoms with E-state index in [4.69, 9.17) is 5.73 Å². The predicted molar refractivity (Wildman–Crippen MR) is 103 cm³/mol. The van der Waals surface area contributed by atoms with E-state index in [9.17, 15) is 4.79 Å². The molecule has 3 rings (SSSR count). The van der Waals surface area contributed by atoms with Gasteiger partial charge in [0.15, 0.2) is 0 Å². The fourth-order valence-corrected chi connectivity index (χ4v) is 3.02. The molecule has 0 radical (unpaired) electrons. The van der Waals surface area contributed by atoms with E-state index >= 15 is 0 Å². The molecule has 0 aliphatic rings. The largest absolute Gasteiger partial charge is 0.366 e. The topological polar surface area (TPSA) is 43.1 Å². The summed E-state index contributed by atoms with van der Waals surface area (Å²) in [5.41, 5.74) is 10.8. The number of nitrogens with two attached hydrogens (primary N) is 1. The summed E-state index contributed by atoms with van der Waals surface area (Å²) < 4.78 is 0. The molecule has 0 heterocycles. The number of unbranched alkanes of at least 4 members (excludes halogenated alkanes) is 1. The molecule has 1 amide bonds. The monoisotopic (exact) mass is 329 g/mol. The van der Waals surface area contributed by atoms with Crippen molar-refractivity contribution in [2.24, 2.45) is 5.73 Å². The molecular formula is C23H23NO. The number of benzene rings is 3. The number of carbonyl (C=O) groups excluding carboxylic acids is 1. The molecule has 25 heavy (non-hydrogen) atoms. The molecule has 0 saturated carbocycles. The molecule has 0 bridgehead atoms. The Morgan fingerprint density at radius 3 is 1.96 bits per heavy atom. The first kappa shape index (κ1) is 17.0. The van der Waals surface area contributed by atoms with Gasteiger partial charge in [-0.25, -0.2) is 0 Å². The minimum absolute atomic E-state index is 0.392. The van der Waals surface area contributed by atoms with Crippen LogP contribution in [0.15, 0.2) is 78.9 Å². The minimum atomic E-state index is -0.392. The molecule has 0 aromatic heterocycles. The Kier molecular flexibility index (Phi) is 5.63. The first-order valence-corrected chi connectivity index (χ1v) is 8.75. The van der Waals surface area contributed by atoms with E-state index < -0.39 is 5.91 Å². The van der Waals surface area contributed by atoms with Crippen molar-refractivity contribution in [3.05, 3.63) is 95.6 Å². The summed E-state index contributed by atoms with van der Waals surface area (Å²) in [5, 5.41) is 0. The summed E-state index contributed by atoms with van der Waals surface area (Å²) in [4.78, 5) is 11.3. The summed E-state index contributed by atoms with van der Waals surface area (Å²) in [5.74, 6) is -0.392. The third kappa shape index (κ3) is 4.80. The highest BCUT2D eigenvalue weighted by molar-refractivity contribution is 5.94. The van der Waals surface area contributed by atoms with Gasteiger partial charge in [-0.05, 0) is 60.1 Å². The summed E-state index contributed by atoms with van der Waals surface area (Å²) in [6.07, 6.45) is 4.62. The van der Waals surface area contributed by atoms with Crippen molar-refractivity contribution in [1.82, 2.24) is 0 Å². The summed E-state index contributed by atoms with van der Waals surface area (Å²) in [7, 11) is 0. The second-order valence-electron chi connectivity index (χ2n) is 6.33. The van der Waals surface area contributed by atoms with Gasteiger partial charge in [-0.15, -0.1) is 0 Å². The van der Waals surface area contributed by atoms with Crippen molar-refractivity contribution in [2.75, 3.05) is 0 Å². The van der Waals surface area contributed by atoms with E-state index in [0.29, 0.717) is 5.56 Å². The van der Waals surface area contributed by atoms with Gasteiger partial charge in [0, 0.05) is 5.56 Å². The smallest absolute Gasteiger partial charge is 0.248 e. The van der Waals surface area contributed by atoms with E-state index in [1.54, 1.807) is 6.07 Å². The van der Waals surface area contributed by atoms with Crippen LogP contribution in [-0.4, -0.2) is 5.91 Å². The molecular weight excluding hydrogens is 306 g/mol. The Morgan fingerprint density at radius 2 is 1.32 bits per heavy atom. The Bertz CT molecular complexity index is 822. The molecule has 0 saturated heterocycles. The summed E-state index contributed by atoms with van der Waals surface area (Å²) in [6.45, 7) is 0. The molecule has 2 heteroatoms. The van der Waals surface area contributed by atoms with Crippen molar-refractivity contribution >= 4 is 5.91 Å². The molecule has 0 aliphatic carbocycles. The summed E-state index contributed by atoms with van der Waals surface area (Å²) >= 11 is 0. The number of carbonyl (C=O) groups is 1. The quantitative estimate of drug-likeness (QED) is 0.608. The lowest BCUT2D eigenvalue weighted by Gasteiger charge is -2.06. The first-order valence-electron chi connectivity index (χ1n) is 8.75. The van der Waals surface area contributed by atoms with Crippen LogP contribution >= 0.6 is 0 Å². The Morgan fingerprint density at radius 1 is 0.680 bits per heavy atom. The molecule has 0 aliphatic heterocycles. The van der Waals surface area contributed by atoms with Crippen LogP contribution in [0.25, 0.3) is 11.1 Å². The molecule has 2 N–H and O–H groups in total. The van der Waals surface area contributed by atoms with Gasteiger partial charge in [0.1, 0.15) is 0 Å². The van der Waals surface area contributed by atoms with Gasteiger partial charge in [-0.1, -0.05) is 66.7 Å². The standard InChI is InChI=1S/C23H23NO/c24-23(25)22-12-6-11-21(17-22)20-15-13-19(14-16-20)10-5-4-9-18-7-2-1-3-8-18/h1-3,6-8,11-17H,4-5,9-10H2,(H2,24,25). The van der Waals surface area contributed by atoms with E-state index in [1.807, 2.05) is 18.2 Å². The van der Waals surface area contributed by atoms with Crippen molar-refractivity contribution in [3.8, 4) is 11.1 Å². The van der Waals surface area contributed by atoms with E-state index in [-0.39, 0.29) is 0 Å². The van der Waals surface area contributed by atoms with Crippen LogP contribution in [-0.2, 0) is 12.8 Å². The zero-order valence-corrected chi connectivity index (χ0v) is 14.3. The zero-order valence-electron chi connectivity index (χ0n) is 14.3. The summed E-state index contributed by atoms with van der Waals surface area (Å²) in [6, 6.07) is 26.7. The molecule has 0 unspecified atom stereocenters. The number of amides is 1. The first-order chi connectivity index (χ1) is 12.2. The lowest BCUT2D eigenvalue weighted by atomic mass is 9.99. The second kappa shape index (κ2) is 8.29. The van der Waals surface area contributed by atoms with Crippen molar-refractivity contribution in [2.45, 2.75) is 25.7 Å². The Hall–Kier alpha value is -2.87. The highest BCUT2D eigenvalue weighted by Gasteiger charge is 2.03. The highest BCUT2D eigenvalue weighted by atomic mass is 16.1. The van der Waals surface area contributed by atoms with Gasteiger partial charge in [0.2, 0.25) is 5.91 Å². The maximum absolute atomic E-state index is 11.3. The molecule has 0 spiro atoms. The highest BCUT2D eigenvalue weighted by Crippen LogP contribution is 2.21. The van der Waals surface area contributed by atoms with E-state index in [0.717, 1.165) is 24.0 Å². The van der Waals surface area contributed by atoms with Crippen molar-refractivity contribution in [1.29, 1.82) is 0 Å². The van der Waals surface area contributed by atoms with Crippen LogP contribution in [0.3, 0.4) is 0 Å². The van der Waals surface area contributed by atoms with E-state index in [2.05, 4.69) is 54.6 Å². The van der Waals surface area contributed by atoms with Gasteiger partial charge in [0.05, 0.1) is 0 Å². The second-order valence-corrected chi connectivity index (χ2v) is 6.33. The van der Waals surface area contributed by atoms with Gasteiger partial charge in [-0.3, -0.25) is 4.79 Å². The lowest BCUT2D eigenvalue weighted by Crippen LogP contribution is -2.10. The Labute approximate surface area is 149 Å². The molecule has 3 aromatic rings. The third-order valence-corrected chi connectivity index (χ3v) is 4.46. The fourth-order valence-electron chi connectivity index (χ4n) is 3.02. The van der Waals surface area contributed by atoms with Gasteiger partial charge >= 0.3 is 0 Å². The predicted octanol–water partition coefficient (Wildman–Crippen LogP) is 5.02. The van der Waals surface area contributed by atoms with Crippen LogP contribution in [0.4, 0.5) is 0 Å². The van der Waals surface area contributed by atoms with Crippen LogP contribution in [0, 0.1) is 0 Å². The molecule has 0 atom stereocenters. The molecule has 3 aromatic carbocycles. The molecule has 126 valence electrons. The normalized spacial score (nSPS) is 10.6. The number of primary amides is 1. The van der Waals surface area contributed by atoms with Crippen LogP contribution < -0.4 is 5.73 Å². The average Bonchev–Trinajstić information content (AvgIpc) is 2.67. The minimum Gasteiger partial charge on any atom is -0.366 e. The number of hydrogen-bond acceptors (Lipinski definition) is 1. The van der Waals surface area contributed by atoms with Crippen molar-refractivity contribution in [3.63, 3.8) is 0 Å². The van der Waals surface area contributed by atoms with Gasteiger partial charge in [-0.2, -0.15) is 0 Å². The number of rotatable bonds is 7. The average molecular weight is 329 g/mol. The Balaban J connectivity index is 1.55. The van der Waals surface area contributed by atoms with Gasteiger partial charge in [0.25, 0.3) is 0 Å². The fraction of sp³-hybridized carbons (Fsp3) is 0.174. The molecule has 0 fully saturated rings. The number of hydrogen-bond donors (Lipinski definition) is 1.